The molecule has 0 heterocycles. The van der Waals surface area contributed by atoms with Crippen LogP contribution < -0.4 is 10.6 Å². The number of hydrogen-bond acceptors (Lipinski definition) is 2. The molecule has 0 saturated heterocycles. The number of rotatable bonds is 4. The van der Waals surface area contributed by atoms with E-state index in [1.165, 1.54) is 24.3 Å². The maximum atomic E-state index is 13.0. The molecule has 1 fully saturated rings. The van der Waals surface area contributed by atoms with Gasteiger partial charge in [0.1, 0.15) is 5.82 Å². The van der Waals surface area contributed by atoms with E-state index in [9.17, 15) is 14.0 Å². The minimum Gasteiger partial charge on any atom is -0.349 e. The Morgan fingerprint density at radius 1 is 0.923 bits per heavy atom. The second-order valence-corrected chi connectivity index (χ2v) is 6.96. The number of carbonyl (C=O) groups is 2. The normalized spacial score (nSPS) is 19.6. The number of carbonyl (C=O) groups excluding carboxylic acids is 2. The molecule has 2 aromatic carbocycles. The molecule has 2 amide bonds. The summed E-state index contributed by atoms with van der Waals surface area (Å²) in [6, 6.07) is 12.3. The van der Waals surface area contributed by atoms with Gasteiger partial charge in [-0.15, -0.1) is 0 Å². The van der Waals surface area contributed by atoms with Gasteiger partial charge in [-0.2, -0.15) is 0 Å². The zero-order chi connectivity index (χ0) is 18.5. The van der Waals surface area contributed by atoms with Crippen LogP contribution in [0.3, 0.4) is 0 Å². The molecule has 6 heteroatoms. The maximum Gasteiger partial charge on any atom is 0.251 e. The van der Waals surface area contributed by atoms with E-state index >= 15 is 0 Å². The average Bonchev–Trinajstić information content (AvgIpc) is 2.62. The van der Waals surface area contributed by atoms with Crippen molar-refractivity contribution in [2.75, 3.05) is 0 Å². The standard InChI is InChI=1S/C20H20ClFN2O2/c21-15-4-1-3-14(11-15)20(26)24-18-6-2-5-17(12-18)23-19(25)13-7-9-16(22)10-8-13/h1,3-4,7-11,17-18H,2,5-6,12H2,(H,23,25)(H,24,26)/t17-,18-/m1/s1. The van der Waals surface area contributed by atoms with Crippen LogP contribution in [-0.4, -0.2) is 23.9 Å². The van der Waals surface area contributed by atoms with Crippen LogP contribution in [-0.2, 0) is 0 Å². The summed E-state index contributed by atoms with van der Waals surface area (Å²) in [7, 11) is 0. The van der Waals surface area contributed by atoms with Gasteiger partial charge in [0.05, 0.1) is 0 Å². The van der Waals surface area contributed by atoms with Gasteiger partial charge in [0.15, 0.2) is 0 Å². The lowest BCUT2D eigenvalue weighted by atomic mass is 9.90. The van der Waals surface area contributed by atoms with E-state index in [1.807, 2.05) is 0 Å². The van der Waals surface area contributed by atoms with Gasteiger partial charge in [-0.1, -0.05) is 17.7 Å². The molecule has 136 valence electrons. The highest BCUT2D eigenvalue weighted by atomic mass is 35.5. The molecule has 4 nitrogen and oxygen atoms in total. The van der Waals surface area contributed by atoms with Crippen molar-refractivity contribution < 1.29 is 14.0 Å². The molecule has 2 aromatic rings. The van der Waals surface area contributed by atoms with E-state index in [4.69, 9.17) is 11.6 Å². The molecular weight excluding hydrogens is 355 g/mol. The topological polar surface area (TPSA) is 58.2 Å². The van der Waals surface area contributed by atoms with Crippen molar-refractivity contribution in [1.82, 2.24) is 10.6 Å². The largest absolute Gasteiger partial charge is 0.349 e. The monoisotopic (exact) mass is 374 g/mol. The van der Waals surface area contributed by atoms with Gasteiger partial charge in [0, 0.05) is 28.2 Å². The first-order valence-corrected chi connectivity index (χ1v) is 9.02. The Hall–Kier alpha value is -2.40. The van der Waals surface area contributed by atoms with Crippen LogP contribution in [0.4, 0.5) is 4.39 Å². The summed E-state index contributed by atoms with van der Waals surface area (Å²) < 4.78 is 13.0. The molecule has 0 aliphatic heterocycles. The molecule has 0 aromatic heterocycles. The second kappa shape index (κ2) is 8.32. The lowest BCUT2D eigenvalue weighted by Gasteiger charge is -2.30. The first-order valence-electron chi connectivity index (χ1n) is 8.64. The molecule has 1 aliphatic carbocycles. The Bertz CT molecular complexity index is 795. The molecule has 0 bridgehead atoms. The Labute approximate surface area is 156 Å². The predicted molar refractivity (Wildman–Crippen MR) is 98.8 cm³/mol. The van der Waals surface area contributed by atoms with Crippen molar-refractivity contribution in [2.24, 2.45) is 0 Å². The summed E-state index contributed by atoms with van der Waals surface area (Å²) in [6.45, 7) is 0. The van der Waals surface area contributed by atoms with Crippen LogP contribution in [0.5, 0.6) is 0 Å². The Morgan fingerprint density at radius 3 is 2.15 bits per heavy atom. The minimum atomic E-state index is -0.372. The maximum absolute atomic E-state index is 13.0. The molecule has 26 heavy (non-hydrogen) atoms. The van der Waals surface area contributed by atoms with Gasteiger partial charge in [0.25, 0.3) is 11.8 Å². The molecule has 1 saturated carbocycles. The van der Waals surface area contributed by atoms with Crippen LogP contribution in [0.15, 0.2) is 48.5 Å². The Morgan fingerprint density at radius 2 is 1.54 bits per heavy atom. The zero-order valence-corrected chi connectivity index (χ0v) is 14.9. The molecular formula is C20H20ClFN2O2. The number of hydrogen-bond donors (Lipinski definition) is 2. The van der Waals surface area contributed by atoms with Gasteiger partial charge in [-0.05, 0) is 68.1 Å². The summed E-state index contributed by atoms with van der Waals surface area (Å²) in [4.78, 5) is 24.6. The number of benzene rings is 2. The molecule has 2 atom stereocenters. The van der Waals surface area contributed by atoms with Crippen LogP contribution in [0, 0.1) is 5.82 Å². The third kappa shape index (κ3) is 4.82. The van der Waals surface area contributed by atoms with Crippen molar-refractivity contribution in [3.63, 3.8) is 0 Å². The van der Waals surface area contributed by atoms with E-state index in [0.29, 0.717) is 22.6 Å². The van der Waals surface area contributed by atoms with Crippen molar-refractivity contribution in [2.45, 2.75) is 37.8 Å². The van der Waals surface area contributed by atoms with Crippen molar-refractivity contribution in [3.05, 3.63) is 70.5 Å². The molecule has 0 radical (unpaired) electrons. The van der Waals surface area contributed by atoms with E-state index in [2.05, 4.69) is 10.6 Å². The van der Waals surface area contributed by atoms with Gasteiger partial charge in [-0.25, -0.2) is 4.39 Å². The first kappa shape index (κ1) is 18.4. The summed E-state index contributed by atoms with van der Waals surface area (Å²) in [5.74, 6) is -0.761. The number of halogens is 2. The Balaban J connectivity index is 1.56. The fourth-order valence-corrected chi connectivity index (χ4v) is 3.41. The third-order valence-electron chi connectivity index (χ3n) is 4.54. The van der Waals surface area contributed by atoms with Crippen LogP contribution in [0.2, 0.25) is 5.02 Å². The van der Waals surface area contributed by atoms with Crippen molar-refractivity contribution in [3.8, 4) is 0 Å². The summed E-state index contributed by atoms with van der Waals surface area (Å²) in [5.41, 5.74) is 0.950. The summed E-state index contributed by atoms with van der Waals surface area (Å²) in [5, 5.41) is 6.51. The fraction of sp³-hybridized carbons (Fsp3) is 0.300. The third-order valence-corrected chi connectivity index (χ3v) is 4.77. The zero-order valence-electron chi connectivity index (χ0n) is 14.2. The number of amides is 2. The molecule has 1 aliphatic rings. The fourth-order valence-electron chi connectivity index (χ4n) is 3.22. The van der Waals surface area contributed by atoms with E-state index < -0.39 is 0 Å². The lowest BCUT2D eigenvalue weighted by Crippen LogP contribution is -2.45. The SMILES string of the molecule is O=C(N[C@@H]1CCC[C@@H](NC(=O)c2cccc(Cl)c2)C1)c1ccc(F)cc1. The van der Waals surface area contributed by atoms with Gasteiger partial charge < -0.3 is 10.6 Å². The minimum absolute atomic E-state index is 0.00579. The molecule has 0 unspecified atom stereocenters. The highest BCUT2D eigenvalue weighted by Gasteiger charge is 2.25. The van der Waals surface area contributed by atoms with Crippen molar-refractivity contribution >= 4 is 23.4 Å². The van der Waals surface area contributed by atoms with Gasteiger partial charge >= 0.3 is 0 Å². The number of nitrogens with one attached hydrogen (secondary N) is 2. The highest BCUT2D eigenvalue weighted by molar-refractivity contribution is 6.30. The smallest absolute Gasteiger partial charge is 0.251 e. The molecule has 3 rings (SSSR count). The van der Waals surface area contributed by atoms with Crippen molar-refractivity contribution in [1.29, 1.82) is 0 Å². The summed E-state index contributed by atoms with van der Waals surface area (Å²) >= 11 is 5.93. The average molecular weight is 375 g/mol. The van der Waals surface area contributed by atoms with Crippen LogP contribution in [0.1, 0.15) is 46.4 Å². The van der Waals surface area contributed by atoms with E-state index in [0.717, 1.165) is 19.3 Å². The summed E-state index contributed by atoms with van der Waals surface area (Å²) in [6.07, 6.45) is 3.31. The van der Waals surface area contributed by atoms with Crippen LogP contribution >= 0.6 is 11.6 Å². The molecule has 0 spiro atoms. The van der Waals surface area contributed by atoms with Gasteiger partial charge in [-0.3, -0.25) is 9.59 Å². The van der Waals surface area contributed by atoms with E-state index in [-0.39, 0.29) is 29.7 Å². The quantitative estimate of drug-likeness (QED) is 0.851. The predicted octanol–water partition coefficient (Wildman–Crippen LogP) is 3.95. The highest BCUT2D eigenvalue weighted by Crippen LogP contribution is 2.20. The van der Waals surface area contributed by atoms with Crippen LogP contribution in [0.25, 0.3) is 0 Å². The van der Waals surface area contributed by atoms with Gasteiger partial charge in [0.2, 0.25) is 0 Å². The lowest BCUT2D eigenvalue weighted by molar-refractivity contribution is 0.0903. The first-order chi connectivity index (χ1) is 12.5. The van der Waals surface area contributed by atoms with E-state index in [1.54, 1.807) is 24.3 Å². The molecule has 2 N–H and O–H groups in total. The second-order valence-electron chi connectivity index (χ2n) is 6.52. The Kier molecular flexibility index (Phi) is 5.89.